The number of hydrogen-bond acceptors (Lipinski definition) is 2. The van der Waals surface area contributed by atoms with Crippen LogP contribution in [0, 0.1) is 11.5 Å². The van der Waals surface area contributed by atoms with E-state index in [4.69, 9.17) is 4.74 Å². The summed E-state index contributed by atoms with van der Waals surface area (Å²) in [6.07, 6.45) is 1.51. The van der Waals surface area contributed by atoms with Crippen molar-refractivity contribution in [1.29, 1.82) is 0 Å². The van der Waals surface area contributed by atoms with E-state index in [-0.39, 0.29) is 5.78 Å². The van der Waals surface area contributed by atoms with Gasteiger partial charge < -0.3 is 4.74 Å². The van der Waals surface area contributed by atoms with Crippen molar-refractivity contribution in [1.82, 2.24) is 0 Å². The number of benzene rings is 1. The summed E-state index contributed by atoms with van der Waals surface area (Å²) in [5, 5.41) is 0. The minimum Gasteiger partial charge on any atom is -0.501 e. The Morgan fingerprint density at radius 3 is 2.42 bits per heavy atom. The fraction of sp³-hybridized carbons (Fsp3) is 0.312. The normalized spacial score (nSPS) is 11.5. The fourth-order valence-electron chi connectivity index (χ4n) is 1.35. The van der Waals surface area contributed by atoms with Gasteiger partial charge in [0.1, 0.15) is 8.07 Å². The number of ether oxygens (including phenoxy) is 1. The first kappa shape index (κ1) is 15.3. The van der Waals surface area contributed by atoms with E-state index in [1.807, 2.05) is 37.3 Å². The van der Waals surface area contributed by atoms with Gasteiger partial charge in [0.2, 0.25) is 5.78 Å². The molecular weight excluding hydrogens is 252 g/mol. The number of rotatable bonds is 4. The maximum atomic E-state index is 12.2. The number of carbonyl (C=O) groups is 1. The molecule has 0 aliphatic rings. The van der Waals surface area contributed by atoms with Gasteiger partial charge in [0.15, 0.2) is 0 Å². The van der Waals surface area contributed by atoms with Gasteiger partial charge >= 0.3 is 0 Å². The Hall–Kier alpha value is -1.79. The zero-order chi connectivity index (χ0) is 14.3. The summed E-state index contributed by atoms with van der Waals surface area (Å²) in [5.41, 5.74) is 4.45. The van der Waals surface area contributed by atoms with Gasteiger partial charge in [-0.05, 0) is 18.4 Å². The molecule has 0 unspecified atom stereocenters. The molecule has 0 aliphatic carbocycles. The fourth-order valence-corrected chi connectivity index (χ4v) is 1.84. The van der Waals surface area contributed by atoms with Gasteiger partial charge in [-0.25, -0.2) is 0 Å². The van der Waals surface area contributed by atoms with Crippen LogP contribution in [0.4, 0.5) is 0 Å². The Morgan fingerprint density at radius 2 is 1.89 bits per heavy atom. The highest BCUT2D eigenvalue weighted by Gasteiger charge is 2.12. The van der Waals surface area contributed by atoms with Crippen LogP contribution in [0.2, 0.25) is 19.6 Å². The van der Waals surface area contributed by atoms with Crippen molar-refractivity contribution in [3.05, 3.63) is 42.2 Å². The highest BCUT2D eigenvalue weighted by atomic mass is 28.3. The highest BCUT2D eigenvalue weighted by molar-refractivity contribution is 6.84. The van der Waals surface area contributed by atoms with Crippen molar-refractivity contribution < 1.29 is 9.53 Å². The molecule has 1 aromatic rings. The monoisotopic (exact) mass is 272 g/mol. The van der Waals surface area contributed by atoms with Crippen molar-refractivity contribution in [2.75, 3.05) is 6.61 Å². The maximum Gasteiger partial charge on any atom is 0.238 e. The minimum absolute atomic E-state index is 0.179. The van der Waals surface area contributed by atoms with Crippen LogP contribution in [-0.2, 0) is 9.53 Å². The predicted octanol–water partition coefficient (Wildman–Crippen LogP) is 3.51. The van der Waals surface area contributed by atoms with Crippen LogP contribution >= 0.6 is 0 Å². The summed E-state index contributed by atoms with van der Waals surface area (Å²) < 4.78 is 5.26. The third kappa shape index (κ3) is 5.58. The Bertz CT molecular complexity index is 513. The molecule has 0 fully saturated rings. The second kappa shape index (κ2) is 6.96. The first-order valence-corrected chi connectivity index (χ1v) is 9.88. The molecule has 1 aromatic carbocycles. The lowest BCUT2D eigenvalue weighted by atomic mass is 10.0. The van der Waals surface area contributed by atoms with Crippen LogP contribution in [0.1, 0.15) is 12.5 Å². The lowest BCUT2D eigenvalue weighted by Gasteiger charge is -2.05. The van der Waals surface area contributed by atoms with E-state index in [2.05, 4.69) is 31.1 Å². The van der Waals surface area contributed by atoms with Gasteiger partial charge in [-0.15, -0.1) is 5.54 Å². The highest BCUT2D eigenvalue weighted by Crippen LogP contribution is 2.15. The molecule has 19 heavy (non-hydrogen) atoms. The van der Waals surface area contributed by atoms with Gasteiger partial charge in [-0.2, -0.15) is 0 Å². The summed E-state index contributed by atoms with van der Waals surface area (Å²) in [4.78, 5) is 12.2. The van der Waals surface area contributed by atoms with Crippen molar-refractivity contribution in [3.63, 3.8) is 0 Å². The predicted molar refractivity (Wildman–Crippen MR) is 82.2 cm³/mol. The number of allylic oxidation sites excluding steroid dienone is 1. The molecule has 2 nitrogen and oxygen atoms in total. The Labute approximate surface area is 116 Å². The number of carbonyl (C=O) groups excluding carboxylic acids is 1. The van der Waals surface area contributed by atoms with Crippen molar-refractivity contribution in [3.8, 4) is 11.5 Å². The van der Waals surface area contributed by atoms with Crippen LogP contribution in [0.3, 0.4) is 0 Å². The number of hydrogen-bond donors (Lipinski definition) is 0. The first-order valence-electron chi connectivity index (χ1n) is 6.38. The van der Waals surface area contributed by atoms with E-state index in [1.54, 1.807) is 0 Å². The molecule has 0 saturated heterocycles. The van der Waals surface area contributed by atoms with E-state index in [1.165, 1.54) is 6.26 Å². The molecule has 0 spiro atoms. The third-order valence-electron chi connectivity index (χ3n) is 2.25. The number of ketones is 1. The standard InChI is InChI=1S/C16H20O2Si/c1-5-18-13-15(14-9-7-6-8-10-14)16(17)11-12-19(2,3)4/h6-10,13H,5H2,1-4H3/b15-13+. The molecule has 0 radical (unpaired) electrons. The molecule has 0 N–H and O–H groups in total. The molecular formula is C16H20O2Si. The van der Waals surface area contributed by atoms with E-state index in [9.17, 15) is 4.79 Å². The Balaban J connectivity index is 3.05. The molecule has 0 aromatic heterocycles. The second-order valence-corrected chi connectivity index (χ2v) is 9.93. The quantitative estimate of drug-likeness (QED) is 0.363. The average Bonchev–Trinajstić information content (AvgIpc) is 2.37. The molecule has 0 aliphatic heterocycles. The van der Waals surface area contributed by atoms with Crippen LogP contribution < -0.4 is 0 Å². The summed E-state index contributed by atoms with van der Waals surface area (Å²) >= 11 is 0. The van der Waals surface area contributed by atoms with Crippen molar-refractivity contribution in [2.45, 2.75) is 26.6 Å². The Kier molecular flexibility index (Phi) is 5.59. The topological polar surface area (TPSA) is 26.3 Å². The van der Waals surface area contributed by atoms with Crippen LogP contribution in [0.25, 0.3) is 5.57 Å². The molecule has 1 rings (SSSR count). The molecule has 0 saturated carbocycles. The zero-order valence-corrected chi connectivity index (χ0v) is 13.0. The van der Waals surface area contributed by atoms with Gasteiger partial charge in [-0.1, -0.05) is 50.0 Å². The SMILES string of the molecule is CCO/C=C(/C(=O)C#C[Si](C)(C)C)c1ccccc1. The first-order chi connectivity index (χ1) is 8.94. The largest absolute Gasteiger partial charge is 0.501 e. The summed E-state index contributed by atoms with van der Waals surface area (Å²) in [6, 6.07) is 9.49. The van der Waals surface area contributed by atoms with Crippen molar-refractivity contribution in [2.24, 2.45) is 0 Å². The molecule has 0 bridgehead atoms. The molecule has 0 amide bonds. The minimum atomic E-state index is -1.55. The molecule has 100 valence electrons. The smallest absolute Gasteiger partial charge is 0.238 e. The van der Waals surface area contributed by atoms with Gasteiger partial charge in [0.25, 0.3) is 0 Å². The zero-order valence-electron chi connectivity index (χ0n) is 12.0. The third-order valence-corrected chi connectivity index (χ3v) is 3.12. The number of Topliss-reactive ketones (excluding diaryl/α,β-unsaturated/α-hetero) is 1. The van der Waals surface area contributed by atoms with Crippen LogP contribution in [-0.4, -0.2) is 20.5 Å². The lowest BCUT2D eigenvalue weighted by molar-refractivity contribution is -0.109. The lowest BCUT2D eigenvalue weighted by Crippen LogP contribution is -2.17. The summed E-state index contributed by atoms with van der Waals surface area (Å²) in [7, 11) is -1.55. The molecule has 0 atom stereocenters. The van der Waals surface area contributed by atoms with Crippen molar-refractivity contribution >= 4 is 19.4 Å². The summed E-state index contributed by atoms with van der Waals surface area (Å²) in [5.74, 6) is 2.58. The second-order valence-electron chi connectivity index (χ2n) is 5.18. The van der Waals surface area contributed by atoms with Crippen LogP contribution in [0.5, 0.6) is 0 Å². The van der Waals surface area contributed by atoms with Gasteiger partial charge in [-0.3, -0.25) is 4.79 Å². The molecule has 0 heterocycles. The van der Waals surface area contributed by atoms with E-state index in [0.29, 0.717) is 12.2 Å². The maximum absolute atomic E-state index is 12.2. The summed E-state index contributed by atoms with van der Waals surface area (Å²) in [6.45, 7) is 8.76. The van der Waals surface area contributed by atoms with E-state index < -0.39 is 8.07 Å². The van der Waals surface area contributed by atoms with Gasteiger partial charge in [0, 0.05) is 0 Å². The van der Waals surface area contributed by atoms with E-state index >= 15 is 0 Å². The van der Waals surface area contributed by atoms with Crippen LogP contribution in [0.15, 0.2) is 36.6 Å². The van der Waals surface area contributed by atoms with Gasteiger partial charge in [0.05, 0.1) is 18.4 Å². The molecule has 3 heteroatoms. The average molecular weight is 272 g/mol. The van der Waals surface area contributed by atoms with E-state index in [0.717, 1.165) is 5.56 Å². The Morgan fingerprint density at radius 1 is 1.26 bits per heavy atom.